The smallest absolute Gasteiger partial charge is 0.339 e. The summed E-state index contributed by atoms with van der Waals surface area (Å²) in [6.07, 6.45) is 2.46. The fourth-order valence-corrected chi connectivity index (χ4v) is 2.00. The average Bonchev–Trinajstić information content (AvgIpc) is 2.91. The number of rotatable bonds is 5. The highest BCUT2D eigenvalue weighted by molar-refractivity contribution is 5.95. The van der Waals surface area contributed by atoms with E-state index in [9.17, 15) is 9.90 Å². The number of carbonyl (C=O) groups is 1. The van der Waals surface area contributed by atoms with Gasteiger partial charge in [-0.2, -0.15) is 5.10 Å². The highest BCUT2D eigenvalue weighted by Gasteiger charge is 2.20. The van der Waals surface area contributed by atoms with Gasteiger partial charge < -0.3 is 9.84 Å². The Hall–Kier alpha value is -2.30. The van der Waals surface area contributed by atoms with Gasteiger partial charge in [-0.15, -0.1) is 0 Å². The maximum atomic E-state index is 11.4. The fourth-order valence-electron chi connectivity index (χ4n) is 2.00. The first-order chi connectivity index (χ1) is 9.58. The van der Waals surface area contributed by atoms with Crippen LogP contribution in [0.1, 0.15) is 36.7 Å². The van der Waals surface area contributed by atoms with Crippen LogP contribution in [0.15, 0.2) is 30.5 Å². The van der Waals surface area contributed by atoms with Gasteiger partial charge in [-0.25, -0.2) is 4.79 Å². The van der Waals surface area contributed by atoms with Gasteiger partial charge in [0, 0.05) is 17.8 Å². The quantitative estimate of drug-likeness (QED) is 0.909. The Bertz CT molecular complexity index is 619. The molecule has 0 aliphatic carbocycles. The Morgan fingerprint density at radius 1 is 1.45 bits per heavy atom. The van der Waals surface area contributed by atoms with E-state index in [-0.39, 0.29) is 11.6 Å². The Morgan fingerprint density at radius 2 is 2.15 bits per heavy atom. The predicted octanol–water partition coefficient (Wildman–Crippen LogP) is 3.23. The third-order valence-corrected chi connectivity index (χ3v) is 3.37. The molecule has 1 aromatic carbocycles. The molecule has 0 fully saturated rings. The van der Waals surface area contributed by atoms with Crippen LogP contribution in [0.5, 0.6) is 5.75 Å². The zero-order chi connectivity index (χ0) is 14.7. The maximum absolute atomic E-state index is 11.4. The summed E-state index contributed by atoms with van der Waals surface area (Å²) in [6, 6.07) is 7.44. The fraction of sp³-hybridized carbons (Fsp3) is 0.333. The van der Waals surface area contributed by atoms with Gasteiger partial charge in [0.1, 0.15) is 17.0 Å². The van der Waals surface area contributed by atoms with Gasteiger partial charge in [-0.3, -0.25) is 4.68 Å². The van der Waals surface area contributed by atoms with Crippen LogP contribution in [0, 0.1) is 0 Å². The van der Waals surface area contributed by atoms with Gasteiger partial charge in [0.15, 0.2) is 0 Å². The highest BCUT2D eigenvalue weighted by atomic mass is 16.5. The van der Waals surface area contributed by atoms with Crippen LogP contribution in [-0.4, -0.2) is 28.0 Å². The van der Waals surface area contributed by atoms with E-state index >= 15 is 0 Å². The Labute approximate surface area is 117 Å². The lowest BCUT2D eigenvalue weighted by molar-refractivity contribution is 0.0697. The zero-order valence-corrected chi connectivity index (χ0v) is 11.8. The molecule has 0 bridgehead atoms. The molecule has 2 aromatic rings. The first kappa shape index (κ1) is 14.1. The van der Waals surface area contributed by atoms with Crippen molar-refractivity contribution in [3.05, 3.63) is 36.0 Å². The summed E-state index contributed by atoms with van der Waals surface area (Å²) >= 11 is 0. The number of hydrogen-bond acceptors (Lipinski definition) is 3. The van der Waals surface area contributed by atoms with Crippen LogP contribution in [0.2, 0.25) is 0 Å². The zero-order valence-electron chi connectivity index (χ0n) is 11.8. The molecule has 1 N–H and O–H groups in total. The number of para-hydroxylation sites is 1. The van der Waals surface area contributed by atoms with Crippen molar-refractivity contribution in [2.24, 2.45) is 0 Å². The van der Waals surface area contributed by atoms with Crippen molar-refractivity contribution in [3.63, 3.8) is 0 Å². The number of hydrogen-bond donors (Lipinski definition) is 1. The van der Waals surface area contributed by atoms with E-state index in [4.69, 9.17) is 4.74 Å². The van der Waals surface area contributed by atoms with Crippen molar-refractivity contribution >= 4 is 5.97 Å². The molecule has 0 aliphatic heterocycles. The Morgan fingerprint density at radius 3 is 2.75 bits per heavy atom. The molecule has 0 saturated heterocycles. The number of carboxylic acid groups (broad SMARTS) is 1. The van der Waals surface area contributed by atoms with Gasteiger partial charge in [-0.05, 0) is 25.5 Å². The molecule has 5 heteroatoms. The summed E-state index contributed by atoms with van der Waals surface area (Å²) in [7, 11) is 1.56. The van der Waals surface area contributed by atoms with Crippen molar-refractivity contribution in [1.29, 1.82) is 0 Å². The predicted molar refractivity (Wildman–Crippen MR) is 76.2 cm³/mol. The summed E-state index contributed by atoms with van der Waals surface area (Å²) in [6.45, 7) is 4.04. The van der Waals surface area contributed by atoms with Crippen molar-refractivity contribution in [2.75, 3.05) is 7.11 Å². The minimum atomic E-state index is -0.986. The third kappa shape index (κ3) is 2.52. The Balaban J connectivity index is 2.60. The lowest BCUT2D eigenvalue weighted by Crippen LogP contribution is -2.04. The number of aromatic nitrogens is 2. The van der Waals surface area contributed by atoms with Crippen LogP contribution >= 0.6 is 0 Å². The van der Waals surface area contributed by atoms with Gasteiger partial charge >= 0.3 is 5.97 Å². The van der Waals surface area contributed by atoms with Crippen LogP contribution in [0.25, 0.3) is 11.3 Å². The first-order valence-electron chi connectivity index (χ1n) is 6.54. The van der Waals surface area contributed by atoms with E-state index in [1.807, 2.05) is 32.0 Å². The van der Waals surface area contributed by atoms with E-state index in [0.717, 1.165) is 6.42 Å². The Kier molecular flexibility index (Phi) is 4.08. The SMILES string of the molecule is CCC(C)n1cc(C(=O)O)c(-c2ccccc2OC)n1. The van der Waals surface area contributed by atoms with Gasteiger partial charge in [0.2, 0.25) is 0 Å². The lowest BCUT2D eigenvalue weighted by atomic mass is 10.1. The van der Waals surface area contributed by atoms with Crippen LogP contribution in [0.4, 0.5) is 0 Å². The van der Waals surface area contributed by atoms with Crippen LogP contribution in [-0.2, 0) is 0 Å². The number of methoxy groups -OCH3 is 1. The molecule has 0 saturated carbocycles. The molecule has 0 spiro atoms. The molecular weight excluding hydrogens is 256 g/mol. The molecule has 0 aliphatic rings. The number of ether oxygens (including phenoxy) is 1. The van der Waals surface area contributed by atoms with E-state index in [1.54, 1.807) is 24.1 Å². The summed E-state index contributed by atoms with van der Waals surface area (Å²) in [5, 5.41) is 13.8. The van der Waals surface area contributed by atoms with Gasteiger partial charge in [0.25, 0.3) is 0 Å². The van der Waals surface area contributed by atoms with Crippen molar-refractivity contribution in [1.82, 2.24) is 9.78 Å². The van der Waals surface area contributed by atoms with Crippen molar-refractivity contribution in [3.8, 4) is 17.0 Å². The summed E-state index contributed by atoms with van der Waals surface area (Å²) in [4.78, 5) is 11.4. The number of aromatic carboxylic acids is 1. The summed E-state index contributed by atoms with van der Waals surface area (Å²) in [5.74, 6) is -0.370. The largest absolute Gasteiger partial charge is 0.496 e. The molecule has 1 unspecified atom stereocenters. The average molecular weight is 274 g/mol. The van der Waals surface area contributed by atoms with Crippen molar-refractivity contribution in [2.45, 2.75) is 26.3 Å². The highest BCUT2D eigenvalue weighted by Crippen LogP contribution is 2.31. The van der Waals surface area contributed by atoms with E-state index in [2.05, 4.69) is 5.10 Å². The normalized spacial score (nSPS) is 12.2. The molecule has 0 radical (unpaired) electrons. The first-order valence-corrected chi connectivity index (χ1v) is 6.54. The maximum Gasteiger partial charge on any atom is 0.339 e. The van der Waals surface area contributed by atoms with E-state index in [1.165, 1.54) is 0 Å². The second-order valence-electron chi connectivity index (χ2n) is 4.63. The van der Waals surface area contributed by atoms with Crippen molar-refractivity contribution < 1.29 is 14.6 Å². The molecule has 1 heterocycles. The monoisotopic (exact) mass is 274 g/mol. The molecule has 106 valence electrons. The van der Waals surface area contributed by atoms with E-state index < -0.39 is 5.97 Å². The number of carboxylic acids is 1. The van der Waals surface area contributed by atoms with Crippen LogP contribution < -0.4 is 4.74 Å². The molecule has 20 heavy (non-hydrogen) atoms. The second kappa shape index (κ2) is 5.77. The molecule has 5 nitrogen and oxygen atoms in total. The standard InChI is InChI=1S/C15H18N2O3/c1-4-10(2)17-9-12(15(18)19)14(16-17)11-7-5-6-8-13(11)20-3/h5-10H,4H2,1-3H3,(H,18,19). The minimum absolute atomic E-state index is 0.150. The molecule has 2 rings (SSSR count). The summed E-state index contributed by atoms with van der Waals surface area (Å²) in [5.41, 5.74) is 1.32. The topological polar surface area (TPSA) is 64.4 Å². The molecule has 0 amide bonds. The second-order valence-corrected chi connectivity index (χ2v) is 4.63. The number of nitrogens with zero attached hydrogens (tertiary/aromatic N) is 2. The van der Waals surface area contributed by atoms with E-state index in [0.29, 0.717) is 17.0 Å². The minimum Gasteiger partial charge on any atom is -0.496 e. The van der Waals surface area contributed by atoms with Gasteiger partial charge in [0.05, 0.1) is 7.11 Å². The van der Waals surface area contributed by atoms with Crippen LogP contribution in [0.3, 0.4) is 0 Å². The lowest BCUT2D eigenvalue weighted by Gasteiger charge is -2.09. The molecule has 1 aromatic heterocycles. The molecular formula is C15H18N2O3. The number of benzene rings is 1. The summed E-state index contributed by atoms with van der Waals surface area (Å²) < 4.78 is 6.99. The van der Waals surface area contributed by atoms with Gasteiger partial charge in [-0.1, -0.05) is 19.1 Å². The molecule has 1 atom stereocenters. The third-order valence-electron chi connectivity index (χ3n) is 3.37.